The molecule has 0 unspecified atom stereocenters. The molecule has 1 N–H and O–H groups in total. The Labute approximate surface area is 170 Å². The van der Waals surface area contributed by atoms with Crippen molar-refractivity contribution in [2.24, 2.45) is 0 Å². The predicted octanol–water partition coefficient (Wildman–Crippen LogP) is 3.19. The lowest BCUT2D eigenvalue weighted by Gasteiger charge is -2.34. The van der Waals surface area contributed by atoms with Gasteiger partial charge in [-0.3, -0.25) is 4.79 Å². The summed E-state index contributed by atoms with van der Waals surface area (Å²) in [6.07, 6.45) is 5.11. The number of aromatic nitrogens is 3. The molecule has 4 rings (SSSR count). The summed E-state index contributed by atoms with van der Waals surface area (Å²) in [5.41, 5.74) is 4.00. The molecule has 0 radical (unpaired) electrons. The van der Waals surface area contributed by atoms with E-state index in [0.29, 0.717) is 24.6 Å². The van der Waals surface area contributed by atoms with Gasteiger partial charge in [-0.15, -0.1) is 0 Å². The van der Waals surface area contributed by atoms with Crippen LogP contribution in [0.4, 0.5) is 17.5 Å². The molecule has 1 aliphatic rings. The van der Waals surface area contributed by atoms with E-state index >= 15 is 0 Å². The quantitative estimate of drug-likeness (QED) is 0.740. The number of carbonyl (C=O) groups excluding carboxylic acids is 1. The normalized spacial score (nSPS) is 14.0. The highest BCUT2D eigenvalue weighted by Gasteiger charge is 2.23. The van der Waals surface area contributed by atoms with E-state index in [1.807, 2.05) is 23.1 Å². The fraction of sp³-hybridized carbons (Fsp3) is 0.273. The van der Waals surface area contributed by atoms with Crippen molar-refractivity contribution in [3.8, 4) is 0 Å². The molecule has 3 aromatic rings. The van der Waals surface area contributed by atoms with Gasteiger partial charge in [0.2, 0.25) is 5.95 Å². The van der Waals surface area contributed by atoms with E-state index in [2.05, 4.69) is 51.1 Å². The Morgan fingerprint density at radius 1 is 0.966 bits per heavy atom. The number of pyridine rings is 1. The molecule has 0 saturated carbocycles. The SMILES string of the molecule is Cc1ccc(Nc2ccc(C(=O)N3CCN(c4ncccn4)CC3)cn2)c(C)c1. The average Bonchev–Trinajstić information content (AvgIpc) is 2.76. The number of carbonyl (C=O) groups is 1. The fourth-order valence-corrected chi connectivity index (χ4v) is 3.43. The molecule has 1 aromatic carbocycles. The van der Waals surface area contributed by atoms with E-state index in [1.54, 1.807) is 24.7 Å². The van der Waals surface area contributed by atoms with Crippen LogP contribution in [0, 0.1) is 13.8 Å². The third kappa shape index (κ3) is 4.34. The van der Waals surface area contributed by atoms with Gasteiger partial charge in [-0.25, -0.2) is 15.0 Å². The molecule has 3 heterocycles. The number of amides is 1. The Kier molecular flexibility index (Phi) is 5.37. The van der Waals surface area contributed by atoms with E-state index in [1.165, 1.54) is 5.56 Å². The van der Waals surface area contributed by atoms with E-state index in [0.717, 1.165) is 30.2 Å². The van der Waals surface area contributed by atoms with Crippen LogP contribution >= 0.6 is 0 Å². The third-order valence-electron chi connectivity index (χ3n) is 5.06. The van der Waals surface area contributed by atoms with Gasteiger partial charge in [0.05, 0.1) is 5.56 Å². The van der Waals surface area contributed by atoms with Crippen LogP contribution in [0.3, 0.4) is 0 Å². The van der Waals surface area contributed by atoms with Gasteiger partial charge in [0, 0.05) is 50.5 Å². The minimum atomic E-state index is 0.00389. The zero-order valence-corrected chi connectivity index (χ0v) is 16.7. The zero-order chi connectivity index (χ0) is 20.2. The first-order chi connectivity index (χ1) is 14.1. The lowest BCUT2D eigenvalue weighted by atomic mass is 10.1. The van der Waals surface area contributed by atoms with Crippen LogP contribution in [-0.4, -0.2) is 51.9 Å². The Morgan fingerprint density at radius 2 is 1.72 bits per heavy atom. The second-order valence-corrected chi connectivity index (χ2v) is 7.20. The maximum absolute atomic E-state index is 12.8. The molecule has 0 aliphatic carbocycles. The average molecular weight is 388 g/mol. The first kappa shape index (κ1) is 18.9. The predicted molar refractivity (Wildman–Crippen MR) is 114 cm³/mol. The van der Waals surface area contributed by atoms with Crippen LogP contribution in [0.15, 0.2) is 55.0 Å². The number of hydrogen-bond donors (Lipinski definition) is 1. The van der Waals surface area contributed by atoms with Crippen LogP contribution in [0.25, 0.3) is 0 Å². The number of hydrogen-bond acceptors (Lipinski definition) is 6. The molecule has 1 aliphatic heterocycles. The van der Waals surface area contributed by atoms with Gasteiger partial charge in [0.25, 0.3) is 5.91 Å². The maximum Gasteiger partial charge on any atom is 0.255 e. The van der Waals surface area contributed by atoms with Gasteiger partial charge in [0.1, 0.15) is 5.82 Å². The summed E-state index contributed by atoms with van der Waals surface area (Å²) < 4.78 is 0. The van der Waals surface area contributed by atoms with Crippen molar-refractivity contribution in [1.29, 1.82) is 0 Å². The van der Waals surface area contributed by atoms with Crippen LogP contribution in [0.1, 0.15) is 21.5 Å². The molecular formula is C22H24N6O. The topological polar surface area (TPSA) is 74.2 Å². The van der Waals surface area contributed by atoms with Crippen molar-refractivity contribution in [3.05, 3.63) is 71.7 Å². The zero-order valence-electron chi connectivity index (χ0n) is 16.7. The highest BCUT2D eigenvalue weighted by atomic mass is 16.2. The first-order valence-corrected chi connectivity index (χ1v) is 9.72. The van der Waals surface area contributed by atoms with Crippen molar-refractivity contribution in [2.75, 3.05) is 36.4 Å². The number of aryl methyl sites for hydroxylation is 2. The largest absolute Gasteiger partial charge is 0.340 e. The molecule has 7 nitrogen and oxygen atoms in total. The van der Waals surface area contributed by atoms with Gasteiger partial charge < -0.3 is 15.1 Å². The Morgan fingerprint density at radius 3 is 2.38 bits per heavy atom. The van der Waals surface area contributed by atoms with E-state index in [4.69, 9.17) is 0 Å². The van der Waals surface area contributed by atoms with Gasteiger partial charge in [-0.1, -0.05) is 17.7 Å². The van der Waals surface area contributed by atoms with Crippen molar-refractivity contribution in [1.82, 2.24) is 19.9 Å². The van der Waals surface area contributed by atoms with Crippen LogP contribution in [0.5, 0.6) is 0 Å². The fourth-order valence-electron chi connectivity index (χ4n) is 3.43. The number of rotatable bonds is 4. The molecule has 0 spiro atoms. The molecule has 29 heavy (non-hydrogen) atoms. The molecule has 1 amide bonds. The first-order valence-electron chi connectivity index (χ1n) is 9.72. The van der Waals surface area contributed by atoms with Gasteiger partial charge >= 0.3 is 0 Å². The molecule has 7 heteroatoms. The molecule has 0 bridgehead atoms. The maximum atomic E-state index is 12.8. The minimum Gasteiger partial charge on any atom is -0.340 e. The van der Waals surface area contributed by atoms with Crippen molar-refractivity contribution >= 4 is 23.4 Å². The van der Waals surface area contributed by atoms with Crippen molar-refractivity contribution < 1.29 is 4.79 Å². The summed E-state index contributed by atoms with van der Waals surface area (Å²) in [4.78, 5) is 29.8. The number of benzene rings is 1. The standard InChI is InChI=1S/C22H24N6O/c1-16-4-6-19(17(2)14-16)26-20-7-5-18(15-25-20)21(29)27-10-12-28(13-11-27)22-23-8-3-9-24-22/h3-9,14-15H,10-13H2,1-2H3,(H,25,26). The second kappa shape index (κ2) is 8.26. The monoisotopic (exact) mass is 388 g/mol. The van der Waals surface area contributed by atoms with Crippen molar-refractivity contribution in [2.45, 2.75) is 13.8 Å². The van der Waals surface area contributed by atoms with Crippen molar-refractivity contribution in [3.63, 3.8) is 0 Å². The summed E-state index contributed by atoms with van der Waals surface area (Å²) in [7, 11) is 0. The van der Waals surface area contributed by atoms with Crippen LogP contribution in [-0.2, 0) is 0 Å². The highest BCUT2D eigenvalue weighted by Crippen LogP contribution is 2.21. The third-order valence-corrected chi connectivity index (χ3v) is 5.06. The molecule has 1 fully saturated rings. The lowest BCUT2D eigenvalue weighted by Crippen LogP contribution is -2.49. The molecule has 148 valence electrons. The number of nitrogens with zero attached hydrogens (tertiary/aromatic N) is 5. The van der Waals surface area contributed by atoms with Gasteiger partial charge in [-0.2, -0.15) is 0 Å². The Hall–Kier alpha value is -3.48. The molecule has 1 saturated heterocycles. The molecule has 0 atom stereocenters. The van der Waals surface area contributed by atoms with Crippen LogP contribution < -0.4 is 10.2 Å². The second-order valence-electron chi connectivity index (χ2n) is 7.20. The summed E-state index contributed by atoms with van der Waals surface area (Å²) in [5, 5.41) is 3.31. The van der Waals surface area contributed by atoms with Crippen LogP contribution in [0.2, 0.25) is 0 Å². The molecular weight excluding hydrogens is 364 g/mol. The smallest absolute Gasteiger partial charge is 0.255 e. The molecule has 2 aromatic heterocycles. The summed E-state index contributed by atoms with van der Waals surface area (Å²) >= 11 is 0. The number of piperazine rings is 1. The summed E-state index contributed by atoms with van der Waals surface area (Å²) in [6, 6.07) is 11.7. The summed E-state index contributed by atoms with van der Waals surface area (Å²) in [5.74, 6) is 1.44. The number of anilines is 3. The Bertz CT molecular complexity index is 982. The summed E-state index contributed by atoms with van der Waals surface area (Å²) in [6.45, 7) is 6.85. The lowest BCUT2D eigenvalue weighted by molar-refractivity contribution is 0.0746. The van der Waals surface area contributed by atoms with E-state index < -0.39 is 0 Å². The minimum absolute atomic E-state index is 0.00389. The highest BCUT2D eigenvalue weighted by molar-refractivity contribution is 5.94. The van der Waals surface area contributed by atoms with Gasteiger partial charge in [0.15, 0.2) is 0 Å². The van der Waals surface area contributed by atoms with E-state index in [9.17, 15) is 4.79 Å². The van der Waals surface area contributed by atoms with E-state index in [-0.39, 0.29) is 5.91 Å². The Balaban J connectivity index is 1.37. The number of nitrogens with one attached hydrogen (secondary N) is 1. The van der Waals surface area contributed by atoms with Gasteiger partial charge in [-0.05, 0) is 43.7 Å².